The van der Waals surface area contributed by atoms with Crippen molar-refractivity contribution in [3.05, 3.63) is 40.8 Å². The normalized spacial score (nSPS) is 11.2. The van der Waals surface area contributed by atoms with Crippen LogP contribution in [0, 0.1) is 6.92 Å². The lowest BCUT2D eigenvalue weighted by Gasteiger charge is -2.11. The summed E-state index contributed by atoms with van der Waals surface area (Å²) in [5, 5.41) is 0. The Bertz CT molecular complexity index is 718. The predicted molar refractivity (Wildman–Crippen MR) is 79.5 cm³/mol. The molecule has 0 aliphatic rings. The van der Waals surface area contributed by atoms with E-state index < -0.39 is 10.0 Å². The fraction of sp³-hybridized carbons (Fsp3) is 0.0909. The Labute approximate surface area is 124 Å². The largest absolute Gasteiger partial charge is 0.307 e. The zero-order valence-electron chi connectivity index (χ0n) is 10.5. The predicted octanol–water partition coefficient (Wildman–Crippen LogP) is 1.63. The zero-order chi connectivity index (χ0) is 14.8. The summed E-state index contributed by atoms with van der Waals surface area (Å²) in [5.74, 6) is 5.33. The number of hydrogen-bond donors (Lipinski definition) is 3. The number of halogens is 1. The number of rotatable bonds is 4. The summed E-state index contributed by atoms with van der Waals surface area (Å²) in [6.45, 7) is 1.81. The summed E-state index contributed by atoms with van der Waals surface area (Å²) in [6.07, 6.45) is 2.88. The fourth-order valence-corrected chi connectivity index (χ4v) is 3.14. The standard InChI is InChI=1S/C11H12BrN5O2S/c1-7-2-3-9(6-14-7)17-20(18,19)10-4-8(12)5-15-11(10)16-13/h2-6,17H,13H2,1H3,(H,15,16). The van der Waals surface area contributed by atoms with E-state index in [0.717, 1.165) is 5.69 Å². The van der Waals surface area contributed by atoms with Crippen LogP contribution in [-0.2, 0) is 10.0 Å². The number of sulfonamides is 1. The molecule has 0 unspecified atom stereocenters. The van der Waals surface area contributed by atoms with Crippen molar-refractivity contribution in [1.29, 1.82) is 0 Å². The minimum atomic E-state index is -3.82. The van der Waals surface area contributed by atoms with Crippen LogP contribution in [-0.4, -0.2) is 18.4 Å². The summed E-state index contributed by atoms with van der Waals surface area (Å²) in [7, 11) is -3.82. The van der Waals surface area contributed by atoms with Crippen molar-refractivity contribution in [3.8, 4) is 0 Å². The molecule has 0 saturated carbocycles. The lowest BCUT2D eigenvalue weighted by atomic mass is 10.4. The van der Waals surface area contributed by atoms with Crippen molar-refractivity contribution in [2.24, 2.45) is 5.84 Å². The van der Waals surface area contributed by atoms with Gasteiger partial charge in [0.25, 0.3) is 10.0 Å². The first-order chi connectivity index (χ1) is 9.42. The Morgan fingerprint density at radius 1 is 1.25 bits per heavy atom. The average Bonchev–Trinajstić information content (AvgIpc) is 2.41. The number of anilines is 2. The Hall–Kier alpha value is -1.71. The van der Waals surface area contributed by atoms with E-state index in [2.05, 4.69) is 36.0 Å². The number of aromatic nitrogens is 2. The average molecular weight is 358 g/mol. The van der Waals surface area contributed by atoms with Gasteiger partial charge in [-0.2, -0.15) is 0 Å². The van der Waals surface area contributed by atoms with E-state index in [1.807, 2.05) is 6.92 Å². The molecule has 0 radical (unpaired) electrons. The molecule has 0 bridgehead atoms. The minimum absolute atomic E-state index is 0.0563. The van der Waals surface area contributed by atoms with Crippen molar-refractivity contribution in [3.63, 3.8) is 0 Å². The molecule has 2 aromatic heterocycles. The SMILES string of the molecule is Cc1ccc(NS(=O)(=O)c2cc(Br)cnc2NN)cn1. The highest BCUT2D eigenvalue weighted by molar-refractivity contribution is 9.10. The maximum Gasteiger partial charge on any atom is 0.265 e. The summed E-state index contributed by atoms with van der Waals surface area (Å²) >= 11 is 3.18. The van der Waals surface area contributed by atoms with Crippen LogP contribution in [0.4, 0.5) is 11.5 Å². The van der Waals surface area contributed by atoms with Crippen LogP contribution < -0.4 is 16.0 Å². The highest BCUT2D eigenvalue weighted by Crippen LogP contribution is 2.24. The number of pyridine rings is 2. The third kappa shape index (κ3) is 3.24. The van der Waals surface area contributed by atoms with Gasteiger partial charge >= 0.3 is 0 Å². The maximum absolute atomic E-state index is 12.3. The number of hydrazine groups is 1. The quantitative estimate of drug-likeness (QED) is 0.566. The number of nitrogens with two attached hydrogens (primary N) is 1. The van der Waals surface area contributed by atoms with Crippen molar-refractivity contribution in [2.75, 3.05) is 10.1 Å². The zero-order valence-corrected chi connectivity index (χ0v) is 12.9. The highest BCUT2D eigenvalue weighted by atomic mass is 79.9. The molecule has 0 amide bonds. The van der Waals surface area contributed by atoms with Gasteiger partial charge in [-0.15, -0.1) is 0 Å². The number of hydrogen-bond acceptors (Lipinski definition) is 6. The second-order valence-corrected chi connectivity index (χ2v) is 6.50. The Morgan fingerprint density at radius 2 is 2.00 bits per heavy atom. The van der Waals surface area contributed by atoms with Crippen LogP contribution in [0.3, 0.4) is 0 Å². The molecule has 106 valence electrons. The first-order valence-electron chi connectivity index (χ1n) is 5.50. The van der Waals surface area contributed by atoms with Gasteiger partial charge in [0.15, 0.2) is 5.82 Å². The van der Waals surface area contributed by atoms with Crippen molar-refractivity contribution >= 4 is 37.5 Å². The smallest absolute Gasteiger partial charge is 0.265 e. The molecule has 9 heteroatoms. The molecule has 0 atom stereocenters. The summed E-state index contributed by atoms with van der Waals surface area (Å²) in [4.78, 5) is 7.87. The van der Waals surface area contributed by atoms with Crippen LogP contribution in [0.25, 0.3) is 0 Å². The van der Waals surface area contributed by atoms with Gasteiger partial charge < -0.3 is 5.43 Å². The summed E-state index contributed by atoms with van der Waals surface area (Å²) in [6, 6.07) is 4.74. The lowest BCUT2D eigenvalue weighted by molar-refractivity contribution is 0.601. The second kappa shape index (κ2) is 5.73. The van der Waals surface area contributed by atoms with E-state index in [-0.39, 0.29) is 10.7 Å². The monoisotopic (exact) mass is 357 g/mol. The molecule has 0 aliphatic carbocycles. The van der Waals surface area contributed by atoms with E-state index in [1.165, 1.54) is 18.5 Å². The molecule has 4 N–H and O–H groups in total. The lowest BCUT2D eigenvalue weighted by Crippen LogP contribution is -2.18. The molecule has 0 fully saturated rings. The molecule has 20 heavy (non-hydrogen) atoms. The molecule has 2 aromatic rings. The highest BCUT2D eigenvalue weighted by Gasteiger charge is 2.20. The van der Waals surface area contributed by atoms with E-state index in [4.69, 9.17) is 5.84 Å². The molecule has 7 nitrogen and oxygen atoms in total. The summed E-state index contributed by atoms with van der Waals surface area (Å²) in [5.41, 5.74) is 3.41. The van der Waals surface area contributed by atoms with Gasteiger partial charge in [0.2, 0.25) is 0 Å². The van der Waals surface area contributed by atoms with Crippen LogP contribution in [0.15, 0.2) is 40.0 Å². The number of aryl methyl sites for hydroxylation is 1. The second-order valence-electron chi connectivity index (χ2n) is 3.94. The molecular formula is C11H12BrN5O2S. The van der Waals surface area contributed by atoms with Gasteiger partial charge in [-0.1, -0.05) is 0 Å². The molecule has 0 spiro atoms. The first-order valence-corrected chi connectivity index (χ1v) is 7.77. The Kier molecular flexibility index (Phi) is 4.21. The third-order valence-electron chi connectivity index (χ3n) is 2.41. The van der Waals surface area contributed by atoms with Crippen LogP contribution >= 0.6 is 15.9 Å². The molecule has 2 rings (SSSR count). The minimum Gasteiger partial charge on any atom is -0.307 e. The maximum atomic E-state index is 12.3. The van der Waals surface area contributed by atoms with Gasteiger partial charge in [-0.25, -0.2) is 19.2 Å². The summed E-state index contributed by atoms with van der Waals surface area (Å²) < 4.78 is 27.6. The third-order valence-corrected chi connectivity index (χ3v) is 4.24. The fourth-order valence-electron chi connectivity index (χ4n) is 1.47. The number of nitrogens with zero attached hydrogens (tertiary/aromatic N) is 2. The van der Waals surface area contributed by atoms with E-state index in [9.17, 15) is 8.42 Å². The number of nitrogens with one attached hydrogen (secondary N) is 2. The van der Waals surface area contributed by atoms with Crippen molar-refractivity contribution < 1.29 is 8.42 Å². The van der Waals surface area contributed by atoms with E-state index >= 15 is 0 Å². The van der Waals surface area contributed by atoms with Crippen LogP contribution in [0.1, 0.15) is 5.69 Å². The van der Waals surface area contributed by atoms with Crippen molar-refractivity contribution in [1.82, 2.24) is 9.97 Å². The van der Waals surface area contributed by atoms with Crippen LogP contribution in [0.5, 0.6) is 0 Å². The van der Waals surface area contributed by atoms with E-state index in [1.54, 1.807) is 12.1 Å². The molecule has 2 heterocycles. The van der Waals surface area contributed by atoms with Crippen LogP contribution in [0.2, 0.25) is 0 Å². The molecule has 0 saturated heterocycles. The first kappa shape index (κ1) is 14.7. The molecule has 0 aliphatic heterocycles. The Balaban J connectivity index is 2.40. The number of nitrogen functional groups attached to an aromatic ring is 1. The van der Waals surface area contributed by atoms with Gasteiger partial charge in [0.1, 0.15) is 4.90 Å². The molecular weight excluding hydrogens is 346 g/mol. The molecule has 0 aromatic carbocycles. The van der Waals surface area contributed by atoms with Gasteiger partial charge in [0.05, 0.1) is 11.9 Å². The van der Waals surface area contributed by atoms with Crippen molar-refractivity contribution in [2.45, 2.75) is 11.8 Å². The van der Waals surface area contributed by atoms with Gasteiger partial charge in [-0.3, -0.25) is 9.71 Å². The van der Waals surface area contributed by atoms with E-state index in [0.29, 0.717) is 10.2 Å². The Morgan fingerprint density at radius 3 is 2.60 bits per heavy atom. The van der Waals surface area contributed by atoms with Gasteiger partial charge in [-0.05, 0) is 41.1 Å². The topological polar surface area (TPSA) is 110 Å². The van der Waals surface area contributed by atoms with Gasteiger partial charge in [0, 0.05) is 16.4 Å².